The fourth-order valence-corrected chi connectivity index (χ4v) is 2.75. The number of hydrogen-bond donors (Lipinski definition) is 1. The summed E-state index contributed by atoms with van der Waals surface area (Å²) < 4.78 is 5.80. The molecule has 0 bridgehead atoms. The van der Waals surface area contributed by atoms with E-state index in [4.69, 9.17) is 4.74 Å². The van der Waals surface area contributed by atoms with Crippen molar-refractivity contribution in [2.45, 2.75) is 44.6 Å². The van der Waals surface area contributed by atoms with Crippen LogP contribution in [0.1, 0.15) is 44.1 Å². The molecule has 3 atom stereocenters. The molecule has 2 heterocycles. The molecule has 1 aromatic rings. The van der Waals surface area contributed by atoms with Gasteiger partial charge in [0.15, 0.2) is 0 Å². The van der Waals surface area contributed by atoms with E-state index in [1.165, 1.54) is 31.2 Å². The largest absolute Gasteiger partial charge is 0.490 e. The molecule has 1 saturated carbocycles. The van der Waals surface area contributed by atoms with Crippen molar-refractivity contribution in [3.8, 4) is 5.75 Å². The van der Waals surface area contributed by atoms with Gasteiger partial charge in [-0.15, -0.1) is 0 Å². The monoisotopic (exact) mass is 246 g/mol. The van der Waals surface area contributed by atoms with Gasteiger partial charge in [-0.2, -0.15) is 0 Å². The van der Waals surface area contributed by atoms with Gasteiger partial charge in [-0.25, -0.2) is 0 Å². The molecular formula is C15H22N2O. The maximum atomic E-state index is 5.80. The van der Waals surface area contributed by atoms with Crippen LogP contribution in [0.3, 0.4) is 0 Å². The maximum absolute atomic E-state index is 5.80. The lowest BCUT2D eigenvalue weighted by atomic mass is 10.1. The molecule has 3 rings (SSSR count). The first kappa shape index (κ1) is 12.0. The van der Waals surface area contributed by atoms with Crippen molar-refractivity contribution in [2.24, 2.45) is 5.92 Å². The zero-order chi connectivity index (χ0) is 12.4. The molecule has 18 heavy (non-hydrogen) atoms. The van der Waals surface area contributed by atoms with Gasteiger partial charge in [0.05, 0.1) is 6.20 Å². The second kappa shape index (κ2) is 5.27. The number of nitrogens with zero attached hydrogens (tertiary/aromatic N) is 1. The lowest BCUT2D eigenvalue weighted by molar-refractivity contribution is 0.217. The first-order chi connectivity index (χ1) is 8.86. The Morgan fingerprint density at radius 3 is 3.06 bits per heavy atom. The van der Waals surface area contributed by atoms with Crippen molar-refractivity contribution in [1.82, 2.24) is 10.3 Å². The number of ether oxygens (including phenoxy) is 1. The Labute approximate surface area is 109 Å². The molecule has 1 aromatic heterocycles. The Balaban J connectivity index is 1.55. The highest BCUT2D eigenvalue weighted by molar-refractivity contribution is 5.30. The molecule has 1 aliphatic heterocycles. The molecule has 0 aromatic carbocycles. The highest BCUT2D eigenvalue weighted by atomic mass is 16.5. The van der Waals surface area contributed by atoms with Crippen molar-refractivity contribution in [2.75, 3.05) is 13.2 Å². The van der Waals surface area contributed by atoms with Gasteiger partial charge in [-0.1, -0.05) is 19.8 Å². The summed E-state index contributed by atoms with van der Waals surface area (Å²) in [6.45, 7) is 4.17. The summed E-state index contributed by atoms with van der Waals surface area (Å²) in [4.78, 5) is 4.32. The normalized spacial score (nSPS) is 29.7. The van der Waals surface area contributed by atoms with Crippen LogP contribution >= 0.6 is 0 Å². The zero-order valence-corrected chi connectivity index (χ0v) is 11.1. The van der Waals surface area contributed by atoms with Crippen LogP contribution in [0.15, 0.2) is 18.5 Å². The Morgan fingerprint density at radius 2 is 2.33 bits per heavy atom. The van der Waals surface area contributed by atoms with Gasteiger partial charge < -0.3 is 10.1 Å². The van der Waals surface area contributed by atoms with Crippen molar-refractivity contribution in [3.05, 3.63) is 24.0 Å². The van der Waals surface area contributed by atoms with E-state index in [0.29, 0.717) is 6.04 Å². The predicted molar refractivity (Wildman–Crippen MR) is 71.9 cm³/mol. The molecule has 3 nitrogen and oxygen atoms in total. The summed E-state index contributed by atoms with van der Waals surface area (Å²) in [6.07, 6.45) is 9.05. The van der Waals surface area contributed by atoms with E-state index in [2.05, 4.69) is 23.3 Å². The number of nitrogens with one attached hydrogen (secondary N) is 1. The van der Waals surface area contributed by atoms with Crippen molar-refractivity contribution < 1.29 is 4.74 Å². The molecule has 0 radical (unpaired) electrons. The number of aromatic nitrogens is 1. The molecule has 1 N–H and O–H groups in total. The molecule has 2 aliphatic rings. The number of pyridine rings is 1. The van der Waals surface area contributed by atoms with Gasteiger partial charge in [0.1, 0.15) is 12.4 Å². The Hall–Kier alpha value is -1.09. The molecule has 0 spiro atoms. The third kappa shape index (κ3) is 2.66. The molecule has 0 amide bonds. The average molecular weight is 246 g/mol. The average Bonchev–Trinajstić information content (AvgIpc) is 3.07. The maximum Gasteiger partial charge on any atom is 0.137 e. The van der Waals surface area contributed by atoms with Gasteiger partial charge in [0.2, 0.25) is 0 Å². The Bertz CT molecular complexity index is 403. The summed E-state index contributed by atoms with van der Waals surface area (Å²) in [5.74, 6) is 2.56. The van der Waals surface area contributed by atoms with Crippen molar-refractivity contribution in [3.63, 3.8) is 0 Å². The van der Waals surface area contributed by atoms with Crippen LogP contribution in [-0.4, -0.2) is 24.2 Å². The van der Waals surface area contributed by atoms with E-state index in [1.807, 2.05) is 12.4 Å². The topological polar surface area (TPSA) is 34.1 Å². The van der Waals surface area contributed by atoms with E-state index >= 15 is 0 Å². The lowest BCUT2D eigenvalue weighted by Crippen LogP contribution is -2.46. The van der Waals surface area contributed by atoms with Crippen molar-refractivity contribution in [1.29, 1.82) is 0 Å². The second-order valence-corrected chi connectivity index (χ2v) is 5.60. The van der Waals surface area contributed by atoms with Gasteiger partial charge in [-0.3, -0.25) is 4.98 Å². The van der Waals surface area contributed by atoms with E-state index in [1.54, 1.807) is 0 Å². The summed E-state index contributed by atoms with van der Waals surface area (Å²) in [7, 11) is 0. The standard InChI is InChI=1S/C15H22N2O/c1-2-3-11-7-15(11)12-6-14(9-16-8-12)18-10-13-4-5-17-13/h6,8-9,11,13,15,17H,2-5,7,10H2,1H3/t11-,13+,15?/m1/s1. The van der Waals surface area contributed by atoms with E-state index in [9.17, 15) is 0 Å². The fourth-order valence-electron chi connectivity index (χ4n) is 2.75. The Morgan fingerprint density at radius 1 is 1.44 bits per heavy atom. The van der Waals surface area contributed by atoms with Gasteiger partial charge in [0, 0.05) is 12.2 Å². The number of hydrogen-bond acceptors (Lipinski definition) is 3. The molecule has 3 heteroatoms. The third-order valence-electron chi connectivity index (χ3n) is 4.12. The lowest BCUT2D eigenvalue weighted by Gasteiger charge is -2.27. The van der Waals surface area contributed by atoms with Crippen LogP contribution in [0.25, 0.3) is 0 Å². The van der Waals surface area contributed by atoms with E-state index in [-0.39, 0.29) is 0 Å². The summed E-state index contributed by atoms with van der Waals surface area (Å²) in [5.41, 5.74) is 1.37. The Kier molecular flexibility index (Phi) is 3.50. The highest BCUT2D eigenvalue weighted by Crippen LogP contribution is 2.50. The third-order valence-corrected chi connectivity index (χ3v) is 4.12. The molecule has 1 saturated heterocycles. The minimum atomic E-state index is 0.544. The van der Waals surface area contributed by atoms with Crippen LogP contribution in [0.2, 0.25) is 0 Å². The molecule has 1 aliphatic carbocycles. The fraction of sp³-hybridized carbons (Fsp3) is 0.667. The van der Waals surface area contributed by atoms with Crippen LogP contribution in [0, 0.1) is 5.92 Å². The van der Waals surface area contributed by atoms with Gasteiger partial charge >= 0.3 is 0 Å². The molecule has 1 unspecified atom stereocenters. The molecule has 2 fully saturated rings. The van der Waals surface area contributed by atoms with E-state index in [0.717, 1.165) is 30.7 Å². The first-order valence-electron chi connectivity index (χ1n) is 7.18. The molecule has 98 valence electrons. The summed E-state index contributed by atoms with van der Waals surface area (Å²) >= 11 is 0. The first-order valence-corrected chi connectivity index (χ1v) is 7.18. The summed E-state index contributed by atoms with van der Waals surface area (Å²) in [6, 6.07) is 2.73. The SMILES string of the molecule is CCC[C@@H]1CC1c1cncc(OC[C@@H]2CCN2)c1. The van der Waals surface area contributed by atoms with Crippen LogP contribution in [0.4, 0.5) is 0 Å². The zero-order valence-electron chi connectivity index (χ0n) is 11.1. The molecular weight excluding hydrogens is 224 g/mol. The quantitative estimate of drug-likeness (QED) is 0.838. The van der Waals surface area contributed by atoms with Crippen molar-refractivity contribution >= 4 is 0 Å². The van der Waals surface area contributed by atoms with Crippen LogP contribution in [0.5, 0.6) is 5.75 Å². The summed E-state index contributed by atoms with van der Waals surface area (Å²) in [5, 5.41) is 3.34. The van der Waals surface area contributed by atoms with Crippen LogP contribution < -0.4 is 10.1 Å². The van der Waals surface area contributed by atoms with Gasteiger partial charge in [0.25, 0.3) is 0 Å². The minimum Gasteiger partial charge on any atom is -0.490 e. The smallest absolute Gasteiger partial charge is 0.137 e. The highest BCUT2D eigenvalue weighted by Gasteiger charge is 2.37. The number of rotatable bonds is 6. The van der Waals surface area contributed by atoms with Gasteiger partial charge in [-0.05, 0) is 42.9 Å². The minimum absolute atomic E-state index is 0.544. The second-order valence-electron chi connectivity index (χ2n) is 5.60. The van der Waals surface area contributed by atoms with E-state index < -0.39 is 0 Å². The predicted octanol–water partition coefficient (Wildman–Crippen LogP) is 2.73. The van der Waals surface area contributed by atoms with Crippen LogP contribution in [-0.2, 0) is 0 Å².